The number of amides is 1. The number of nitrogens with one attached hydrogen (secondary N) is 1. The van der Waals surface area contributed by atoms with Gasteiger partial charge in [0.2, 0.25) is 5.91 Å². The minimum atomic E-state index is -4.06. The second kappa shape index (κ2) is 14.2. The van der Waals surface area contributed by atoms with Crippen molar-refractivity contribution in [2.75, 3.05) is 16.0 Å². The number of ether oxygens (including phenoxy) is 2. The largest absolute Gasteiger partial charge is 0.506 e. The maximum Gasteiger partial charge on any atom is 0.232 e. The monoisotopic (exact) mass is 718 g/mol. The molecule has 0 radical (unpaired) electrons. The van der Waals surface area contributed by atoms with Crippen LogP contribution in [0.1, 0.15) is 48.6 Å². The van der Waals surface area contributed by atoms with Crippen LogP contribution in [0.2, 0.25) is 0 Å². The van der Waals surface area contributed by atoms with Gasteiger partial charge in [-0.25, -0.2) is 12.8 Å². The van der Waals surface area contributed by atoms with Crippen LogP contribution in [-0.2, 0) is 34.3 Å². The first-order valence-corrected chi connectivity index (χ1v) is 18.7. The molecule has 0 saturated carbocycles. The number of carbonyl (C=O) groups excluding carboxylic acids is 1. The van der Waals surface area contributed by atoms with Crippen molar-refractivity contribution in [3.8, 4) is 17.2 Å². The summed E-state index contributed by atoms with van der Waals surface area (Å²) in [5.41, 5.74) is 2.58. The number of benzene rings is 5. The van der Waals surface area contributed by atoms with Gasteiger partial charge in [-0.1, -0.05) is 92.7 Å². The van der Waals surface area contributed by atoms with Crippen molar-refractivity contribution in [2.24, 2.45) is 5.41 Å². The SMILES string of the molecule is CC1(C)CC2=C(C(c3ccc(OCc4ccccc4)cc3F)N(C(=O)Cc3ccc(OCc4ccccc4)cc3)c3cccc(O)c3N2)S(=O)(=O)C1. The number of aromatic hydroxyl groups is 1. The number of para-hydroxylation sites is 1. The third-order valence-corrected chi connectivity index (χ3v) is 11.5. The van der Waals surface area contributed by atoms with Gasteiger partial charge in [-0.3, -0.25) is 9.69 Å². The summed E-state index contributed by atoms with van der Waals surface area (Å²) in [7, 11) is -4.06. The Morgan fingerprint density at radius 2 is 1.44 bits per heavy atom. The van der Waals surface area contributed by atoms with Crippen LogP contribution in [0.5, 0.6) is 17.2 Å². The Kier molecular flexibility index (Phi) is 9.50. The summed E-state index contributed by atoms with van der Waals surface area (Å²) >= 11 is 0. The molecule has 2 heterocycles. The number of phenols is 1. The summed E-state index contributed by atoms with van der Waals surface area (Å²) in [6.07, 6.45) is 0.150. The van der Waals surface area contributed by atoms with Crippen molar-refractivity contribution >= 4 is 27.1 Å². The molecule has 0 aromatic heterocycles. The zero-order valence-corrected chi connectivity index (χ0v) is 29.7. The van der Waals surface area contributed by atoms with Crippen LogP contribution >= 0.6 is 0 Å². The van der Waals surface area contributed by atoms with Gasteiger partial charge >= 0.3 is 0 Å². The van der Waals surface area contributed by atoms with E-state index in [9.17, 15) is 18.3 Å². The molecule has 8 nitrogen and oxygen atoms in total. The number of allylic oxidation sites excluding steroid dienone is 1. The number of phenolic OH excluding ortho intramolecular Hbond substituents is 1. The van der Waals surface area contributed by atoms with Crippen molar-refractivity contribution in [1.82, 2.24) is 0 Å². The highest BCUT2D eigenvalue weighted by atomic mass is 32.2. The number of halogens is 1. The van der Waals surface area contributed by atoms with Gasteiger partial charge in [-0.2, -0.15) is 0 Å². The number of fused-ring (bicyclic) bond motifs is 1. The van der Waals surface area contributed by atoms with Gasteiger partial charge in [0.1, 0.15) is 48.0 Å². The first-order chi connectivity index (χ1) is 25.0. The van der Waals surface area contributed by atoms with E-state index in [1.165, 1.54) is 23.1 Å². The van der Waals surface area contributed by atoms with Crippen molar-refractivity contribution in [2.45, 2.75) is 45.9 Å². The fourth-order valence-corrected chi connectivity index (χ4v) is 9.28. The second-order valence-corrected chi connectivity index (χ2v) is 15.9. The highest BCUT2D eigenvalue weighted by Gasteiger charge is 2.47. The molecule has 0 spiro atoms. The maximum absolute atomic E-state index is 16.5. The number of anilines is 2. The van der Waals surface area contributed by atoms with Gasteiger partial charge in [0.25, 0.3) is 0 Å². The van der Waals surface area contributed by atoms with E-state index in [0.717, 1.165) is 11.1 Å². The molecular formula is C42H39FN2O6S. The third-order valence-electron chi connectivity index (χ3n) is 9.24. The van der Waals surface area contributed by atoms with Crippen LogP contribution in [0, 0.1) is 11.2 Å². The van der Waals surface area contributed by atoms with Gasteiger partial charge in [-0.05, 0) is 64.9 Å². The Bertz CT molecular complexity index is 2240. The Hall–Kier alpha value is -5.61. The fourth-order valence-electron chi connectivity index (χ4n) is 6.92. The summed E-state index contributed by atoms with van der Waals surface area (Å²) in [5.74, 6) is -0.726. The summed E-state index contributed by atoms with van der Waals surface area (Å²) in [6, 6.07) is 33.9. The number of sulfone groups is 1. The number of carbonyl (C=O) groups is 1. The average Bonchev–Trinajstić information content (AvgIpc) is 3.26. The average molecular weight is 719 g/mol. The van der Waals surface area contributed by atoms with Crippen molar-refractivity contribution in [3.05, 3.63) is 160 Å². The van der Waals surface area contributed by atoms with Gasteiger partial charge in [-0.15, -0.1) is 0 Å². The van der Waals surface area contributed by atoms with Crippen LogP contribution in [0.4, 0.5) is 15.8 Å². The van der Waals surface area contributed by atoms with E-state index < -0.39 is 33.0 Å². The molecule has 1 atom stereocenters. The molecular weight excluding hydrogens is 680 g/mol. The summed E-state index contributed by atoms with van der Waals surface area (Å²) < 4.78 is 56.9. The van der Waals surface area contributed by atoms with Crippen LogP contribution in [-0.4, -0.2) is 25.2 Å². The zero-order chi connectivity index (χ0) is 36.5. The molecule has 10 heteroatoms. The molecule has 7 rings (SSSR count). The van der Waals surface area contributed by atoms with Gasteiger partial charge < -0.3 is 19.9 Å². The van der Waals surface area contributed by atoms with E-state index in [-0.39, 0.29) is 58.5 Å². The lowest BCUT2D eigenvalue weighted by molar-refractivity contribution is -0.118. The van der Waals surface area contributed by atoms with E-state index in [4.69, 9.17) is 9.47 Å². The Morgan fingerprint density at radius 3 is 2.08 bits per heavy atom. The lowest BCUT2D eigenvalue weighted by Crippen LogP contribution is -2.42. The summed E-state index contributed by atoms with van der Waals surface area (Å²) in [5, 5.41) is 14.3. The highest BCUT2D eigenvalue weighted by Crippen LogP contribution is 2.51. The molecule has 5 aromatic carbocycles. The van der Waals surface area contributed by atoms with E-state index in [1.807, 2.05) is 74.5 Å². The van der Waals surface area contributed by atoms with E-state index in [1.54, 1.807) is 42.5 Å². The lowest BCUT2D eigenvalue weighted by atomic mass is 9.88. The number of rotatable bonds is 9. The predicted molar refractivity (Wildman–Crippen MR) is 199 cm³/mol. The lowest BCUT2D eigenvalue weighted by Gasteiger charge is -2.37. The Morgan fingerprint density at radius 1 is 0.827 bits per heavy atom. The number of nitrogens with zero attached hydrogens (tertiary/aromatic N) is 1. The molecule has 0 saturated heterocycles. The molecule has 5 aromatic rings. The molecule has 52 heavy (non-hydrogen) atoms. The molecule has 0 aliphatic carbocycles. The van der Waals surface area contributed by atoms with E-state index in [2.05, 4.69) is 5.32 Å². The predicted octanol–water partition coefficient (Wildman–Crippen LogP) is 8.49. The van der Waals surface area contributed by atoms with Gasteiger partial charge in [0.05, 0.1) is 22.8 Å². The van der Waals surface area contributed by atoms with Gasteiger partial charge in [0, 0.05) is 17.3 Å². The van der Waals surface area contributed by atoms with Crippen LogP contribution < -0.4 is 19.7 Å². The van der Waals surface area contributed by atoms with E-state index in [0.29, 0.717) is 23.6 Å². The molecule has 1 amide bonds. The highest BCUT2D eigenvalue weighted by molar-refractivity contribution is 7.95. The quantitative estimate of drug-likeness (QED) is 0.147. The molecule has 1 unspecified atom stereocenters. The van der Waals surface area contributed by atoms with Crippen molar-refractivity contribution in [3.63, 3.8) is 0 Å². The minimum absolute atomic E-state index is 0.0150. The Labute approximate surface area is 303 Å². The summed E-state index contributed by atoms with van der Waals surface area (Å²) in [4.78, 5) is 15.9. The molecule has 0 fully saturated rings. The number of hydrogen-bond acceptors (Lipinski definition) is 7. The van der Waals surface area contributed by atoms with Crippen molar-refractivity contribution < 1.29 is 32.2 Å². The second-order valence-electron chi connectivity index (χ2n) is 14.0. The number of hydrogen-bond donors (Lipinski definition) is 2. The normalized spacial score (nSPS) is 17.3. The maximum atomic E-state index is 16.5. The molecule has 2 aliphatic rings. The first-order valence-electron chi connectivity index (χ1n) is 17.1. The molecule has 2 aliphatic heterocycles. The van der Waals surface area contributed by atoms with Crippen molar-refractivity contribution in [1.29, 1.82) is 0 Å². The first kappa shape index (κ1) is 34.8. The standard InChI is InChI=1S/C42H39FN2O6S/c1-42(2)24-35-41(52(48,49)27-42)40(33-21-20-32(23-34(33)43)51-26-30-12-7-4-8-13-30)45(36-14-9-15-37(46)39(36)44-35)38(47)22-28-16-18-31(19-17-28)50-25-29-10-5-3-6-11-29/h3-21,23,40,44,46H,22,24-27H2,1-2H3. The smallest absolute Gasteiger partial charge is 0.232 e. The molecule has 266 valence electrons. The van der Waals surface area contributed by atoms with Crippen LogP contribution in [0.15, 0.2) is 132 Å². The van der Waals surface area contributed by atoms with Crippen LogP contribution in [0.3, 0.4) is 0 Å². The van der Waals surface area contributed by atoms with Crippen LogP contribution in [0.25, 0.3) is 0 Å². The molecule has 0 bridgehead atoms. The third kappa shape index (κ3) is 7.38. The van der Waals surface area contributed by atoms with E-state index >= 15 is 4.39 Å². The molecule has 2 N–H and O–H groups in total. The fraction of sp³-hybridized carbons (Fsp3) is 0.214. The minimum Gasteiger partial charge on any atom is -0.506 e. The zero-order valence-electron chi connectivity index (χ0n) is 28.9. The Balaban J connectivity index is 1.28. The van der Waals surface area contributed by atoms with Gasteiger partial charge in [0.15, 0.2) is 9.84 Å². The summed E-state index contributed by atoms with van der Waals surface area (Å²) in [6.45, 7) is 4.28. The topological polar surface area (TPSA) is 105 Å².